The van der Waals surface area contributed by atoms with Gasteiger partial charge in [0.15, 0.2) is 0 Å². The van der Waals surface area contributed by atoms with Gasteiger partial charge in [0.1, 0.15) is 0 Å². The summed E-state index contributed by atoms with van der Waals surface area (Å²) >= 11 is 1.96. The van der Waals surface area contributed by atoms with Crippen LogP contribution in [0.5, 0.6) is 0 Å². The molecule has 56 heavy (non-hydrogen) atoms. The van der Waals surface area contributed by atoms with Gasteiger partial charge < -0.3 is 0 Å². The second-order valence-electron chi connectivity index (χ2n) is 15.9. The molecule has 0 atom stereocenters. The van der Waals surface area contributed by atoms with Gasteiger partial charge in [0.05, 0.1) is 0 Å². The van der Waals surface area contributed by atoms with Crippen LogP contribution >= 0.6 is 11.3 Å². The largest absolute Gasteiger partial charge is 0.134 e. The Morgan fingerprint density at radius 1 is 0.375 bits per heavy atom. The van der Waals surface area contributed by atoms with Crippen molar-refractivity contribution in [2.75, 3.05) is 0 Å². The Bertz CT molecular complexity index is 3380. The van der Waals surface area contributed by atoms with Gasteiger partial charge in [-0.15, -0.1) is 11.3 Å². The predicted molar refractivity (Wildman–Crippen MR) is 243 cm³/mol. The summed E-state index contributed by atoms with van der Waals surface area (Å²) in [7, 11) is 0. The molecule has 1 heterocycles. The zero-order valence-corrected chi connectivity index (χ0v) is 32.0. The van der Waals surface area contributed by atoms with Crippen molar-refractivity contribution in [1.82, 2.24) is 0 Å². The van der Waals surface area contributed by atoms with E-state index in [1.807, 2.05) is 11.3 Å². The molecule has 0 N–H and O–H groups in total. The van der Waals surface area contributed by atoms with Crippen molar-refractivity contribution in [3.8, 4) is 44.5 Å². The van der Waals surface area contributed by atoms with E-state index in [-0.39, 0.29) is 5.41 Å². The van der Waals surface area contributed by atoms with Gasteiger partial charge in [0, 0.05) is 31.2 Å². The van der Waals surface area contributed by atoms with Crippen LogP contribution in [0.4, 0.5) is 0 Å². The lowest BCUT2D eigenvalue weighted by molar-refractivity contribution is 0.663. The molecule has 0 amide bonds. The summed E-state index contributed by atoms with van der Waals surface area (Å²) in [5.41, 5.74) is 13.2. The van der Waals surface area contributed by atoms with Crippen molar-refractivity contribution in [2.24, 2.45) is 0 Å². The second kappa shape index (κ2) is 11.7. The van der Waals surface area contributed by atoms with E-state index in [1.165, 1.54) is 119 Å². The van der Waals surface area contributed by atoms with Gasteiger partial charge in [-0.05, 0) is 105 Å². The lowest BCUT2D eigenvalue weighted by Crippen LogP contribution is -2.16. The van der Waals surface area contributed by atoms with Gasteiger partial charge in [-0.3, -0.25) is 0 Å². The van der Waals surface area contributed by atoms with Crippen molar-refractivity contribution in [3.63, 3.8) is 0 Å². The molecular weight excluding hydrogens is 693 g/mol. The third kappa shape index (κ3) is 4.29. The monoisotopic (exact) mass is 728 g/mol. The van der Waals surface area contributed by atoms with E-state index < -0.39 is 0 Å². The maximum Gasteiger partial charge on any atom is 0.0437 e. The molecule has 11 aromatic rings. The van der Waals surface area contributed by atoms with Gasteiger partial charge >= 0.3 is 0 Å². The molecule has 1 aromatic heterocycles. The van der Waals surface area contributed by atoms with Crippen LogP contribution in [0, 0.1) is 0 Å². The molecular formula is C55H36S. The van der Waals surface area contributed by atoms with Crippen molar-refractivity contribution < 1.29 is 0 Å². The van der Waals surface area contributed by atoms with Gasteiger partial charge in [-0.1, -0.05) is 184 Å². The molecule has 262 valence electrons. The fraction of sp³-hybridized carbons (Fsp3) is 0.0545. The zero-order chi connectivity index (χ0) is 37.1. The predicted octanol–water partition coefficient (Wildman–Crippen LogP) is 16.0. The molecule has 0 spiro atoms. The minimum Gasteiger partial charge on any atom is -0.134 e. The SMILES string of the molecule is CC1(C)c2ccccc2-c2cc3c(sc4ccc5ccccc5c43)c(-c3ccc(-c4c5ccccc5c(-c5ccccc5)c5ccccc45)c4ccccc34)c21. The fourth-order valence-corrected chi connectivity index (χ4v) is 11.5. The molecule has 0 fully saturated rings. The van der Waals surface area contributed by atoms with E-state index in [9.17, 15) is 0 Å². The molecule has 12 rings (SSSR count). The Kier molecular flexibility index (Phi) is 6.66. The van der Waals surface area contributed by atoms with E-state index in [4.69, 9.17) is 0 Å². The van der Waals surface area contributed by atoms with E-state index in [1.54, 1.807) is 0 Å². The molecule has 1 heteroatoms. The summed E-state index contributed by atoms with van der Waals surface area (Å²) < 4.78 is 2.71. The van der Waals surface area contributed by atoms with Crippen LogP contribution in [0.15, 0.2) is 182 Å². The summed E-state index contributed by atoms with van der Waals surface area (Å²) in [6.45, 7) is 4.86. The third-order valence-electron chi connectivity index (χ3n) is 12.6. The van der Waals surface area contributed by atoms with Crippen molar-refractivity contribution >= 4 is 74.6 Å². The highest BCUT2D eigenvalue weighted by Gasteiger charge is 2.39. The molecule has 0 unspecified atom stereocenters. The summed E-state index contributed by atoms with van der Waals surface area (Å²) in [6.07, 6.45) is 0. The van der Waals surface area contributed by atoms with Crippen molar-refractivity contribution in [2.45, 2.75) is 19.3 Å². The van der Waals surface area contributed by atoms with Crippen LogP contribution in [-0.4, -0.2) is 0 Å². The Balaban J connectivity index is 1.21. The quantitative estimate of drug-likeness (QED) is 0.159. The molecule has 0 saturated heterocycles. The topological polar surface area (TPSA) is 0 Å². The van der Waals surface area contributed by atoms with E-state index in [2.05, 4.69) is 196 Å². The van der Waals surface area contributed by atoms with Crippen LogP contribution in [0.1, 0.15) is 25.0 Å². The lowest BCUT2D eigenvalue weighted by Gasteiger charge is -2.26. The van der Waals surface area contributed by atoms with Crippen molar-refractivity contribution in [1.29, 1.82) is 0 Å². The second-order valence-corrected chi connectivity index (χ2v) is 16.9. The number of rotatable bonds is 3. The Morgan fingerprint density at radius 3 is 1.59 bits per heavy atom. The van der Waals surface area contributed by atoms with E-state index in [0.29, 0.717) is 0 Å². The average Bonchev–Trinajstić information content (AvgIpc) is 3.74. The third-order valence-corrected chi connectivity index (χ3v) is 13.8. The molecule has 0 saturated carbocycles. The highest BCUT2D eigenvalue weighted by Crippen LogP contribution is 2.58. The van der Waals surface area contributed by atoms with E-state index >= 15 is 0 Å². The van der Waals surface area contributed by atoms with Gasteiger partial charge in [-0.25, -0.2) is 0 Å². The molecule has 0 radical (unpaired) electrons. The van der Waals surface area contributed by atoms with Gasteiger partial charge in [-0.2, -0.15) is 0 Å². The molecule has 1 aliphatic carbocycles. The first-order chi connectivity index (χ1) is 27.6. The summed E-state index contributed by atoms with van der Waals surface area (Å²) in [4.78, 5) is 0. The van der Waals surface area contributed by atoms with Crippen LogP contribution in [0.25, 0.3) is 108 Å². The number of hydrogen-bond acceptors (Lipinski definition) is 1. The highest BCUT2D eigenvalue weighted by atomic mass is 32.1. The molecule has 0 bridgehead atoms. The zero-order valence-electron chi connectivity index (χ0n) is 31.2. The first-order valence-corrected chi connectivity index (χ1v) is 20.4. The van der Waals surface area contributed by atoms with Crippen molar-refractivity contribution in [3.05, 3.63) is 193 Å². The first kappa shape index (κ1) is 31.8. The first-order valence-electron chi connectivity index (χ1n) is 19.6. The minimum atomic E-state index is -0.173. The highest BCUT2D eigenvalue weighted by molar-refractivity contribution is 7.26. The smallest absolute Gasteiger partial charge is 0.0437 e. The standard InChI is InChI=1S/C55H36S/c1-55(2)47-27-15-14-22-38(47)45-32-46-51-35-19-7-6-16-33(35)28-31-48(51)56-54(46)52(53(45)55)44-30-29-43(36-20-8-9-21-37(36)44)50-41-25-12-10-23-39(41)49(34-17-4-3-5-18-34)40-24-11-13-26-42(40)50/h3-32H,1-2H3. The average molecular weight is 729 g/mol. The number of benzene rings is 10. The minimum absolute atomic E-state index is 0.173. The lowest BCUT2D eigenvalue weighted by atomic mass is 9.77. The number of thiophene rings is 1. The molecule has 1 aliphatic rings. The molecule has 10 aromatic carbocycles. The summed E-state index contributed by atoms with van der Waals surface area (Å²) in [6, 6.07) is 68.1. The Hall–Kier alpha value is -6.54. The van der Waals surface area contributed by atoms with Crippen LogP contribution in [-0.2, 0) is 5.41 Å². The van der Waals surface area contributed by atoms with E-state index in [0.717, 1.165) is 0 Å². The Morgan fingerprint density at radius 2 is 0.911 bits per heavy atom. The Labute approximate surface area is 329 Å². The fourth-order valence-electron chi connectivity index (χ4n) is 10.3. The summed E-state index contributed by atoms with van der Waals surface area (Å²) in [5.74, 6) is 0. The van der Waals surface area contributed by atoms with Gasteiger partial charge in [0.2, 0.25) is 0 Å². The maximum atomic E-state index is 2.52. The molecule has 0 aliphatic heterocycles. The maximum absolute atomic E-state index is 2.52. The van der Waals surface area contributed by atoms with Crippen LogP contribution in [0.2, 0.25) is 0 Å². The van der Waals surface area contributed by atoms with Gasteiger partial charge in [0.25, 0.3) is 0 Å². The normalized spacial score (nSPS) is 13.3. The molecule has 0 nitrogen and oxygen atoms in total. The van der Waals surface area contributed by atoms with Crippen LogP contribution in [0.3, 0.4) is 0 Å². The summed E-state index contributed by atoms with van der Waals surface area (Å²) in [5, 5.41) is 13.0. The number of hydrogen-bond donors (Lipinski definition) is 0. The number of fused-ring (bicyclic) bond motifs is 11. The van der Waals surface area contributed by atoms with Crippen LogP contribution < -0.4 is 0 Å².